The molecular formula is C32H42O16. The van der Waals surface area contributed by atoms with Crippen LogP contribution in [0.1, 0.15) is 23.3 Å². The highest BCUT2D eigenvalue weighted by molar-refractivity contribution is 5.46. The molecule has 14 atom stereocenters. The van der Waals surface area contributed by atoms with Gasteiger partial charge in [-0.05, 0) is 35.4 Å². The van der Waals surface area contributed by atoms with Gasteiger partial charge in [-0.3, -0.25) is 0 Å². The van der Waals surface area contributed by atoms with E-state index in [0.717, 1.165) is 11.1 Å². The Morgan fingerprint density at radius 1 is 0.562 bits per heavy atom. The van der Waals surface area contributed by atoms with Gasteiger partial charge in [0.25, 0.3) is 0 Å². The van der Waals surface area contributed by atoms with Crippen LogP contribution in [-0.2, 0) is 18.9 Å². The summed E-state index contributed by atoms with van der Waals surface area (Å²) >= 11 is 0. The molecule has 4 aliphatic heterocycles. The van der Waals surface area contributed by atoms with Crippen LogP contribution in [0.5, 0.6) is 23.0 Å². The van der Waals surface area contributed by atoms with E-state index >= 15 is 0 Å². The third kappa shape index (κ3) is 6.44. The zero-order chi connectivity index (χ0) is 34.3. The van der Waals surface area contributed by atoms with Crippen LogP contribution in [0.3, 0.4) is 0 Å². The summed E-state index contributed by atoms with van der Waals surface area (Å²) in [6.45, 7) is -0.371. The number of aliphatic hydroxyl groups is 8. The Balaban J connectivity index is 1.14. The van der Waals surface area contributed by atoms with E-state index in [1.807, 2.05) is 0 Å². The molecular weight excluding hydrogens is 640 g/mol. The third-order valence-electron chi connectivity index (χ3n) is 9.48. The maximum absolute atomic E-state index is 10.4. The van der Waals surface area contributed by atoms with Gasteiger partial charge in [-0.15, -0.1) is 0 Å². The maximum Gasteiger partial charge on any atom is 0.229 e. The normalized spacial score (nSPS) is 39.5. The van der Waals surface area contributed by atoms with Crippen LogP contribution in [0, 0.1) is 11.8 Å². The number of rotatable bonds is 10. The molecule has 0 spiro atoms. The Morgan fingerprint density at radius 3 is 1.31 bits per heavy atom. The number of benzene rings is 2. The number of fused-ring (bicyclic) bond motifs is 1. The molecule has 16 heteroatoms. The van der Waals surface area contributed by atoms with Gasteiger partial charge in [-0.2, -0.15) is 0 Å². The van der Waals surface area contributed by atoms with Gasteiger partial charge in [-0.1, -0.05) is 12.1 Å². The Labute approximate surface area is 275 Å². The van der Waals surface area contributed by atoms with Crippen LogP contribution in [0.4, 0.5) is 0 Å². The number of hydrogen-bond donors (Lipinski definition) is 8. The second-order valence-corrected chi connectivity index (χ2v) is 12.3. The minimum absolute atomic E-state index is 0.0204. The summed E-state index contributed by atoms with van der Waals surface area (Å²) in [7, 11) is 2.90. The van der Waals surface area contributed by atoms with Crippen molar-refractivity contribution in [2.45, 2.75) is 73.6 Å². The molecule has 0 saturated carbocycles. The van der Waals surface area contributed by atoms with Crippen LogP contribution >= 0.6 is 0 Å². The molecule has 2 aromatic carbocycles. The minimum atomic E-state index is -1.59. The Kier molecular flexibility index (Phi) is 10.6. The zero-order valence-electron chi connectivity index (χ0n) is 26.2. The summed E-state index contributed by atoms with van der Waals surface area (Å²) in [4.78, 5) is 0. The van der Waals surface area contributed by atoms with E-state index in [2.05, 4.69) is 0 Å². The fourth-order valence-corrected chi connectivity index (χ4v) is 6.73. The van der Waals surface area contributed by atoms with Gasteiger partial charge in [0, 0.05) is 11.8 Å². The van der Waals surface area contributed by atoms with Crippen molar-refractivity contribution in [2.24, 2.45) is 11.8 Å². The van der Waals surface area contributed by atoms with Crippen molar-refractivity contribution in [1.82, 2.24) is 0 Å². The van der Waals surface area contributed by atoms with E-state index in [9.17, 15) is 40.9 Å². The second-order valence-electron chi connectivity index (χ2n) is 12.3. The highest BCUT2D eigenvalue weighted by atomic mass is 16.7. The second kappa shape index (κ2) is 14.6. The predicted molar refractivity (Wildman–Crippen MR) is 159 cm³/mol. The summed E-state index contributed by atoms with van der Waals surface area (Å²) < 4.78 is 46.1. The van der Waals surface area contributed by atoms with Gasteiger partial charge >= 0.3 is 0 Å². The van der Waals surface area contributed by atoms with Gasteiger partial charge in [0.2, 0.25) is 12.6 Å². The summed E-state index contributed by atoms with van der Waals surface area (Å²) in [6, 6.07) is 10.3. The SMILES string of the molecule is COc1cc([C@H]2OC[C@@H]3[C@@H]2CO[C@H]3c2ccc(O[C@@H]3O[C@@H](CO)[C@@H](O)[C@@H](O)[C@H]3O)c(OC)c2)ccc1O[C@H]1O[C@@H](CO)[C@@H](O)[C@@H](O)[C@@H]1O. The molecule has 8 N–H and O–H groups in total. The lowest BCUT2D eigenvalue weighted by Crippen LogP contribution is -2.60. The lowest BCUT2D eigenvalue weighted by atomic mass is 9.85. The number of methoxy groups -OCH3 is 2. The molecule has 0 bridgehead atoms. The van der Waals surface area contributed by atoms with Gasteiger partial charge < -0.3 is 78.7 Å². The Hall–Kier alpha value is -2.84. The molecule has 0 aromatic heterocycles. The number of aliphatic hydroxyl groups excluding tert-OH is 8. The number of hydrogen-bond acceptors (Lipinski definition) is 16. The summed E-state index contributed by atoms with van der Waals surface area (Å²) in [5.41, 5.74) is 1.59. The van der Waals surface area contributed by atoms with Crippen LogP contribution in [0.25, 0.3) is 0 Å². The van der Waals surface area contributed by atoms with Crippen molar-refractivity contribution in [1.29, 1.82) is 0 Å². The Bertz CT molecular complexity index is 1290. The van der Waals surface area contributed by atoms with Gasteiger partial charge in [0.15, 0.2) is 23.0 Å². The van der Waals surface area contributed by atoms with E-state index in [0.29, 0.717) is 24.7 Å². The monoisotopic (exact) mass is 682 g/mol. The van der Waals surface area contributed by atoms with E-state index in [-0.39, 0.29) is 35.5 Å². The third-order valence-corrected chi connectivity index (χ3v) is 9.48. The molecule has 0 amide bonds. The van der Waals surface area contributed by atoms with Gasteiger partial charge in [0.05, 0.1) is 52.9 Å². The summed E-state index contributed by atoms with van der Waals surface area (Å²) in [6.07, 6.45) is -15.0. The average molecular weight is 683 g/mol. The zero-order valence-corrected chi connectivity index (χ0v) is 26.2. The van der Waals surface area contributed by atoms with Crippen LogP contribution in [-0.4, -0.2) is 143 Å². The topological polar surface area (TPSA) is 236 Å². The molecule has 4 aliphatic rings. The molecule has 0 aliphatic carbocycles. The first-order chi connectivity index (χ1) is 23.1. The van der Waals surface area contributed by atoms with E-state index in [1.54, 1.807) is 36.4 Å². The van der Waals surface area contributed by atoms with Crippen molar-refractivity contribution in [3.05, 3.63) is 47.5 Å². The minimum Gasteiger partial charge on any atom is -0.493 e. The molecule has 0 unspecified atom stereocenters. The first kappa shape index (κ1) is 35.0. The fraction of sp³-hybridized carbons (Fsp3) is 0.625. The van der Waals surface area contributed by atoms with Gasteiger partial charge in [-0.25, -0.2) is 0 Å². The molecule has 2 aromatic rings. The van der Waals surface area contributed by atoms with Crippen molar-refractivity contribution in [2.75, 3.05) is 40.6 Å². The molecule has 4 saturated heterocycles. The molecule has 0 radical (unpaired) electrons. The number of ether oxygens (including phenoxy) is 8. The molecule has 6 rings (SSSR count). The average Bonchev–Trinajstić information content (AvgIpc) is 3.72. The van der Waals surface area contributed by atoms with E-state index < -0.39 is 74.6 Å². The lowest BCUT2D eigenvalue weighted by molar-refractivity contribution is -0.277. The smallest absolute Gasteiger partial charge is 0.229 e. The van der Waals surface area contributed by atoms with E-state index in [1.165, 1.54) is 14.2 Å². The maximum atomic E-state index is 10.4. The highest BCUT2D eigenvalue weighted by Crippen LogP contribution is 2.52. The molecule has 4 heterocycles. The van der Waals surface area contributed by atoms with Crippen molar-refractivity contribution < 1.29 is 78.7 Å². The quantitative estimate of drug-likeness (QED) is 0.137. The predicted octanol–water partition coefficient (Wildman–Crippen LogP) is -1.86. The molecule has 16 nitrogen and oxygen atoms in total. The van der Waals surface area contributed by atoms with Crippen LogP contribution in [0.2, 0.25) is 0 Å². The fourth-order valence-electron chi connectivity index (χ4n) is 6.73. The van der Waals surface area contributed by atoms with Crippen LogP contribution < -0.4 is 18.9 Å². The first-order valence-corrected chi connectivity index (χ1v) is 15.6. The lowest BCUT2D eigenvalue weighted by Gasteiger charge is -2.39. The largest absolute Gasteiger partial charge is 0.493 e. The molecule has 266 valence electrons. The first-order valence-electron chi connectivity index (χ1n) is 15.6. The van der Waals surface area contributed by atoms with Crippen molar-refractivity contribution in [3.63, 3.8) is 0 Å². The highest BCUT2D eigenvalue weighted by Gasteiger charge is 2.49. The van der Waals surface area contributed by atoms with Crippen molar-refractivity contribution in [3.8, 4) is 23.0 Å². The standard InChI is InChI=1S/C32H42O16/c1-41-19-7-13(3-5-17(19)45-31-27(39)25(37)23(35)21(9-33)47-31)29-15-11-44-30(16(15)12-43-29)14-4-6-18(20(8-14)42-2)46-32-28(40)26(38)24(36)22(10-34)48-32/h3-8,15-16,21-40H,9-12H2,1-2H3/t15-,16+,21-,22-,23+,24+,25+,26+,27-,28+,29+,30-,31-,32+/m0/s1. The van der Waals surface area contributed by atoms with Crippen molar-refractivity contribution >= 4 is 0 Å². The van der Waals surface area contributed by atoms with Gasteiger partial charge in [0.1, 0.15) is 48.8 Å². The van der Waals surface area contributed by atoms with Crippen LogP contribution in [0.15, 0.2) is 36.4 Å². The van der Waals surface area contributed by atoms with E-state index in [4.69, 9.17) is 37.9 Å². The molecule has 48 heavy (non-hydrogen) atoms. The summed E-state index contributed by atoms with van der Waals surface area (Å²) in [5.74, 6) is 0.997. The molecule has 4 fully saturated rings. The summed E-state index contributed by atoms with van der Waals surface area (Å²) in [5, 5.41) is 80.1. The Morgan fingerprint density at radius 2 is 0.958 bits per heavy atom.